The molecule has 0 aliphatic carbocycles. The normalized spacial score (nSPS) is 14.8. The minimum atomic E-state index is -0.243. The predicted octanol–water partition coefficient (Wildman–Crippen LogP) is 2.34. The summed E-state index contributed by atoms with van der Waals surface area (Å²) >= 11 is 0. The Kier molecular flexibility index (Phi) is 5.53. The molecule has 1 N–H and O–H groups in total. The number of ether oxygens (including phenoxy) is 1. The molecule has 0 saturated carbocycles. The first kappa shape index (κ1) is 17.9. The van der Waals surface area contributed by atoms with Crippen molar-refractivity contribution in [1.82, 2.24) is 9.80 Å². The largest absolute Gasteiger partial charge is 0.495 e. The van der Waals surface area contributed by atoms with Crippen LogP contribution in [-0.4, -0.2) is 62.0 Å². The summed E-state index contributed by atoms with van der Waals surface area (Å²) in [6, 6.07) is 14.0. The molecule has 0 spiro atoms. The lowest BCUT2D eigenvalue weighted by Gasteiger charge is -2.32. The standard InChI is InChI=1S/C20H23N3O3/c1-22-11-13-23(14-12-22)20(25)16-9-7-15(8-10-16)19(24)21-17-5-3-4-6-18(17)26-2/h3-10H,11-14H2,1-2H3,(H,21,24). The fraction of sp³-hybridized carbons (Fsp3) is 0.300. The van der Waals surface area contributed by atoms with Crippen molar-refractivity contribution < 1.29 is 14.3 Å². The summed E-state index contributed by atoms with van der Waals surface area (Å²) in [4.78, 5) is 29.0. The highest BCUT2D eigenvalue weighted by molar-refractivity contribution is 6.05. The van der Waals surface area contributed by atoms with Crippen molar-refractivity contribution in [2.24, 2.45) is 0 Å². The molecule has 0 unspecified atom stereocenters. The van der Waals surface area contributed by atoms with Crippen molar-refractivity contribution in [3.8, 4) is 5.75 Å². The third-order valence-corrected chi connectivity index (χ3v) is 4.54. The van der Waals surface area contributed by atoms with Crippen LogP contribution in [0, 0.1) is 0 Å². The number of amides is 2. The first-order chi connectivity index (χ1) is 12.6. The predicted molar refractivity (Wildman–Crippen MR) is 101 cm³/mol. The Balaban J connectivity index is 1.67. The number of hydrogen-bond acceptors (Lipinski definition) is 4. The first-order valence-electron chi connectivity index (χ1n) is 8.61. The highest BCUT2D eigenvalue weighted by Crippen LogP contribution is 2.23. The topological polar surface area (TPSA) is 61.9 Å². The van der Waals surface area contributed by atoms with Gasteiger partial charge in [-0.15, -0.1) is 0 Å². The molecule has 136 valence electrons. The molecule has 26 heavy (non-hydrogen) atoms. The monoisotopic (exact) mass is 353 g/mol. The van der Waals surface area contributed by atoms with Crippen molar-refractivity contribution in [3.05, 3.63) is 59.7 Å². The maximum absolute atomic E-state index is 12.6. The van der Waals surface area contributed by atoms with Gasteiger partial charge in [0.05, 0.1) is 12.8 Å². The SMILES string of the molecule is COc1ccccc1NC(=O)c1ccc(C(=O)N2CCN(C)CC2)cc1. The summed E-state index contributed by atoms with van der Waals surface area (Å²) in [7, 11) is 3.61. The van der Waals surface area contributed by atoms with Gasteiger partial charge < -0.3 is 19.9 Å². The van der Waals surface area contributed by atoms with Gasteiger partial charge >= 0.3 is 0 Å². The first-order valence-corrected chi connectivity index (χ1v) is 8.61. The molecule has 6 nitrogen and oxygen atoms in total. The van der Waals surface area contributed by atoms with E-state index >= 15 is 0 Å². The summed E-state index contributed by atoms with van der Waals surface area (Å²) in [6.45, 7) is 3.22. The Morgan fingerprint density at radius 1 is 0.923 bits per heavy atom. The van der Waals surface area contributed by atoms with Crippen molar-refractivity contribution in [2.75, 3.05) is 45.7 Å². The second kappa shape index (κ2) is 8.01. The number of nitrogens with zero attached hydrogens (tertiary/aromatic N) is 2. The van der Waals surface area contributed by atoms with E-state index in [1.165, 1.54) is 0 Å². The number of anilines is 1. The second-order valence-electron chi connectivity index (χ2n) is 6.33. The summed E-state index contributed by atoms with van der Waals surface area (Å²) in [6.07, 6.45) is 0. The lowest BCUT2D eigenvalue weighted by atomic mass is 10.1. The minimum Gasteiger partial charge on any atom is -0.495 e. The molecule has 1 aliphatic heterocycles. The molecule has 1 fully saturated rings. The van der Waals surface area contributed by atoms with Gasteiger partial charge in [0.15, 0.2) is 0 Å². The molecule has 2 aromatic carbocycles. The number of carbonyl (C=O) groups is 2. The average Bonchev–Trinajstić information content (AvgIpc) is 2.68. The third-order valence-electron chi connectivity index (χ3n) is 4.54. The molecule has 3 rings (SSSR count). The number of nitrogens with one attached hydrogen (secondary N) is 1. The van der Waals surface area contributed by atoms with Crippen LogP contribution in [-0.2, 0) is 0 Å². The summed E-state index contributed by atoms with van der Waals surface area (Å²) in [5, 5.41) is 2.83. The Morgan fingerprint density at radius 2 is 1.54 bits per heavy atom. The fourth-order valence-corrected chi connectivity index (χ4v) is 2.90. The Bertz CT molecular complexity index is 781. The molecule has 0 atom stereocenters. The Labute approximate surface area is 153 Å². The zero-order chi connectivity index (χ0) is 18.5. The van der Waals surface area contributed by atoms with Gasteiger partial charge in [0.2, 0.25) is 0 Å². The van der Waals surface area contributed by atoms with Gasteiger partial charge in [-0.3, -0.25) is 9.59 Å². The molecule has 0 aromatic heterocycles. The number of rotatable bonds is 4. The zero-order valence-electron chi connectivity index (χ0n) is 15.1. The van der Waals surface area contributed by atoms with Crippen molar-refractivity contribution in [3.63, 3.8) is 0 Å². The molecular weight excluding hydrogens is 330 g/mol. The van der Waals surface area contributed by atoms with Crippen LogP contribution in [0.5, 0.6) is 5.75 Å². The van der Waals surface area contributed by atoms with Crippen LogP contribution in [0.3, 0.4) is 0 Å². The van der Waals surface area contributed by atoms with Crippen molar-refractivity contribution in [1.29, 1.82) is 0 Å². The van der Waals surface area contributed by atoms with E-state index in [9.17, 15) is 9.59 Å². The zero-order valence-corrected chi connectivity index (χ0v) is 15.1. The number of carbonyl (C=O) groups excluding carboxylic acids is 2. The average molecular weight is 353 g/mol. The molecule has 1 heterocycles. The third kappa shape index (κ3) is 4.03. The van der Waals surface area contributed by atoms with E-state index in [-0.39, 0.29) is 11.8 Å². The van der Waals surface area contributed by atoms with E-state index in [0.29, 0.717) is 22.6 Å². The summed E-state index contributed by atoms with van der Waals surface area (Å²) < 4.78 is 5.24. The van der Waals surface area contributed by atoms with Crippen LogP contribution in [0.15, 0.2) is 48.5 Å². The van der Waals surface area contributed by atoms with E-state index in [2.05, 4.69) is 17.3 Å². The molecule has 1 aliphatic rings. The highest BCUT2D eigenvalue weighted by Gasteiger charge is 2.20. The van der Waals surface area contributed by atoms with Gasteiger partial charge in [0.1, 0.15) is 5.75 Å². The number of likely N-dealkylation sites (N-methyl/N-ethyl adjacent to an activating group) is 1. The van der Waals surface area contributed by atoms with E-state index in [0.717, 1.165) is 26.2 Å². The van der Waals surface area contributed by atoms with E-state index in [1.807, 2.05) is 17.0 Å². The van der Waals surface area contributed by atoms with Crippen LogP contribution >= 0.6 is 0 Å². The van der Waals surface area contributed by atoms with E-state index in [4.69, 9.17) is 4.74 Å². The highest BCUT2D eigenvalue weighted by atomic mass is 16.5. The number of methoxy groups -OCH3 is 1. The van der Waals surface area contributed by atoms with Crippen molar-refractivity contribution in [2.45, 2.75) is 0 Å². The molecule has 6 heteroatoms. The lowest BCUT2D eigenvalue weighted by Crippen LogP contribution is -2.47. The van der Waals surface area contributed by atoms with Gasteiger partial charge in [-0.1, -0.05) is 12.1 Å². The summed E-state index contributed by atoms with van der Waals surface area (Å²) in [5.74, 6) is 0.366. The molecular formula is C20H23N3O3. The molecule has 0 radical (unpaired) electrons. The molecule has 1 saturated heterocycles. The summed E-state index contributed by atoms with van der Waals surface area (Å²) in [5.41, 5.74) is 1.70. The second-order valence-corrected chi connectivity index (χ2v) is 6.33. The van der Waals surface area contributed by atoms with Crippen LogP contribution in [0.4, 0.5) is 5.69 Å². The van der Waals surface area contributed by atoms with Crippen LogP contribution < -0.4 is 10.1 Å². The van der Waals surface area contributed by atoms with Gasteiger partial charge in [-0.2, -0.15) is 0 Å². The number of piperazine rings is 1. The Hall–Kier alpha value is -2.86. The molecule has 2 aromatic rings. The molecule has 0 bridgehead atoms. The quantitative estimate of drug-likeness (QED) is 0.916. The van der Waals surface area contributed by atoms with Crippen LogP contribution in [0.25, 0.3) is 0 Å². The van der Waals surface area contributed by atoms with Gasteiger partial charge in [-0.25, -0.2) is 0 Å². The van der Waals surface area contributed by atoms with E-state index in [1.54, 1.807) is 43.5 Å². The van der Waals surface area contributed by atoms with E-state index < -0.39 is 0 Å². The van der Waals surface area contributed by atoms with Crippen molar-refractivity contribution >= 4 is 17.5 Å². The van der Waals surface area contributed by atoms with Crippen LogP contribution in [0.1, 0.15) is 20.7 Å². The number of hydrogen-bond donors (Lipinski definition) is 1. The minimum absolute atomic E-state index is 0.00906. The van der Waals surface area contributed by atoms with Gasteiger partial charge in [0.25, 0.3) is 11.8 Å². The smallest absolute Gasteiger partial charge is 0.255 e. The lowest BCUT2D eigenvalue weighted by molar-refractivity contribution is 0.0664. The number of para-hydroxylation sites is 2. The maximum atomic E-state index is 12.6. The molecule has 2 amide bonds. The number of benzene rings is 2. The Morgan fingerprint density at radius 3 is 2.19 bits per heavy atom. The fourth-order valence-electron chi connectivity index (χ4n) is 2.90. The van der Waals surface area contributed by atoms with Gasteiger partial charge in [-0.05, 0) is 43.4 Å². The van der Waals surface area contributed by atoms with Gasteiger partial charge in [0, 0.05) is 37.3 Å². The maximum Gasteiger partial charge on any atom is 0.255 e. The van der Waals surface area contributed by atoms with Crippen LogP contribution in [0.2, 0.25) is 0 Å².